The van der Waals surface area contributed by atoms with Crippen molar-refractivity contribution in [1.82, 2.24) is 10.1 Å². The fraction of sp³-hybridized carbons (Fsp3) is 0.471. The minimum Gasteiger partial charge on any atom is -0.354 e. The highest BCUT2D eigenvalue weighted by Gasteiger charge is 2.30. The molecule has 3 saturated heterocycles. The maximum absolute atomic E-state index is 5.60. The second-order valence-electron chi connectivity index (χ2n) is 6.19. The second kappa shape index (κ2) is 5.19. The third kappa shape index (κ3) is 2.44. The Morgan fingerprint density at radius 3 is 2.76 bits per heavy atom. The third-order valence-electron chi connectivity index (χ3n) is 4.75. The lowest BCUT2D eigenvalue weighted by Crippen LogP contribution is -2.38. The van der Waals surface area contributed by atoms with Gasteiger partial charge in [-0.1, -0.05) is 28.9 Å². The molecule has 4 nitrogen and oxygen atoms in total. The fourth-order valence-corrected chi connectivity index (χ4v) is 3.52. The Hall–Kier alpha value is -1.81. The fourth-order valence-electron chi connectivity index (χ4n) is 3.52. The Balaban J connectivity index is 1.62. The summed E-state index contributed by atoms with van der Waals surface area (Å²) in [5, 5.41) is 4.34. The van der Waals surface area contributed by atoms with E-state index in [9.17, 15) is 0 Å². The van der Waals surface area contributed by atoms with E-state index >= 15 is 0 Å². The quantitative estimate of drug-likeness (QED) is 0.848. The predicted octanol–water partition coefficient (Wildman–Crippen LogP) is 2.93. The molecule has 3 fully saturated rings. The van der Waals surface area contributed by atoms with Crippen molar-refractivity contribution < 1.29 is 4.52 Å². The largest absolute Gasteiger partial charge is 0.354 e. The molecule has 1 aromatic carbocycles. The van der Waals surface area contributed by atoms with Crippen LogP contribution in [0.15, 0.2) is 34.9 Å². The molecule has 0 atom stereocenters. The third-order valence-corrected chi connectivity index (χ3v) is 4.75. The van der Waals surface area contributed by atoms with Crippen LogP contribution in [-0.4, -0.2) is 42.3 Å². The van der Waals surface area contributed by atoms with Crippen molar-refractivity contribution in [2.24, 2.45) is 0 Å². The lowest BCUT2D eigenvalue weighted by Gasteiger charge is -2.30. The van der Waals surface area contributed by atoms with Crippen molar-refractivity contribution in [3.8, 4) is 11.3 Å². The zero-order chi connectivity index (χ0) is 14.2. The molecular weight excluding hydrogens is 262 g/mol. The lowest BCUT2D eigenvalue weighted by atomic mass is 10.1. The number of fused-ring (bicyclic) bond motifs is 4. The molecule has 1 aromatic heterocycles. The zero-order valence-electron chi connectivity index (χ0n) is 12.5. The molecule has 2 bridgehead atoms. The van der Waals surface area contributed by atoms with Gasteiger partial charge in [0, 0.05) is 43.9 Å². The molecule has 4 heteroatoms. The number of piperidine rings is 1. The Morgan fingerprint density at radius 1 is 1.10 bits per heavy atom. The van der Waals surface area contributed by atoms with Crippen molar-refractivity contribution in [1.29, 1.82) is 0 Å². The highest BCUT2D eigenvalue weighted by atomic mass is 16.5. The van der Waals surface area contributed by atoms with E-state index in [1.54, 1.807) is 0 Å². The Bertz CT molecular complexity index is 628. The van der Waals surface area contributed by atoms with Crippen molar-refractivity contribution in [2.75, 3.05) is 31.1 Å². The summed E-state index contributed by atoms with van der Waals surface area (Å²) in [7, 11) is 0. The summed E-state index contributed by atoms with van der Waals surface area (Å²) in [5.41, 5.74) is 2.35. The van der Waals surface area contributed by atoms with Crippen LogP contribution in [0, 0.1) is 6.92 Å². The molecule has 0 radical (unpaired) electrons. The van der Waals surface area contributed by atoms with Gasteiger partial charge in [-0.2, -0.15) is 0 Å². The molecule has 4 heterocycles. The van der Waals surface area contributed by atoms with Crippen molar-refractivity contribution >= 4 is 5.82 Å². The topological polar surface area (TPSA) is 32.5 Å². The summed E-state index contributed by atoms with van der Waals surface area (Å²) in [4.78, 5) is 4.99. The maximum atomic E-state index is 5.60. The molecule has 0 amide bonds. The maximum Gasteiger partial charge on any atom is 0.172 e. The van der Waals surface area contributed by atoms with Gasteiger partial charge in [0.15, 0.2) is 11.6 Å². The van der Waals surface area contributed by atoms with Crippen LogP contribution in [0.3, 0.4) is 0 Å². The Kier molecular flexibility index (Phi) is 3.19. The van der Waals surface area contributed by atoms with Gasteiger partial charge in [0.1, 0.15) is 0 Å². The van der Waals surface area contributed by atoms with Crippen LogP contribution >= 0.6 is 0 Å². The van der Waals surface area contributed by atoms with Gasteiger partial charge in [-0.3, -0.25) is 0 Å². The molecule has 5 rings (SSSR count). The van der Waals surface area contributed by atoms with Crippen LogP contribution in [0.25, 0.3) is 11.3 Å². The standard InChI is InChI=1S/C17H21N3O/c1-13-3-2-4-14(11-13)16-12-17(18-21-16)20-10-9-19-7-5-15(20)6-8-19/h2-4,11-12,15H,5-10H2,1H3. The van der Waals surface area contributed by atoms with E-state index in [1.165, 1.54) is 31.5 Å². The number of aromatic nitrogens is 1. The van der Waals surface area contributed by atoms with E-state index in [-0.39, 0.29) is 0 Å². The number of nitrogens with zero attached hydrogens (tertiary/aromatic N) is 3. The van der Waals surface area contributed by atoms with E-state index in [1.807, 2.05) is 0 Å². The van der Waals surface area contributed by atoms with Crippen molar-refractivity contribution in [3.05, 3.63) is 35.9 Å². The lowest BCUT2D eigenvalue weighted by molar-refractivity contribution is 0.250. The summed E-state index contributed by atoms with van der Waals surface area (Å²) in [5.74, 6) is 1.87. The van der Waals surface area contributed by atoms with Gasteiger partial charge in [-0.05, 0) is 25.8 Å². The minimum absolute atomic E-state index is 0.624. The van der Waals surface area contributed by atoms with Gasteiger partial charge in [-0.25, -0.2) is 0 Å². The molecule has 0 N–H and O–H groups in total. The van der Waals surface area contributed by atoms with E-state index < -0.39 is 0 Å². The van der Waals surface area contributed by atoms with Gasteiger partial charge < -0.3 is 14.3 Å². The molecule has 3 aliphatic rings. The monoisotopic (exact) mass is 283 g/mol. The molecule has 0 saturated carbocycles. The minimum atomic E-state index is 0.624. The van der Waals surface area contributed by atoms with Crippen LogP contribution in [0.2, 0.25) is 0 Å². The van der Waals surface area contributed by atoms with Crippen LogP contribution in [-0.2, 0) is 0 Å². The van der Waals surface area contributed by atoms with E-state index in [4.69, 9.17) is 4.52 Å². The summed E-state index contributed by atoms with van der Waals surface area (Å²) < 4.78 is 5.60. The van der Waals surface area contributed by atoms with Crippen LogP contribution in [0.4, 0.5) is 5.82 Å². The van der Waals surface area contributed by atoms with E-state index in [0.717, 1.165) is 30.2 Å². The Morgan fingerprint density at radius 2 is 1.95 bits per heavy atom. The first-order chi connectivity index (χ1) is 10.3. The highest BCUT2D eigenvalue weighted by molar-refractivity contribution is 5.62. The molecule has 3 aliphatic heterocycles. The number of hydrogen-bond donors (Lipinski definition) is 0. The first-order valence-corrected chi connectivity index (χ1v) is 7.82. The average Bonchev–Trinajstić information content (AvgIpc) is 2.80. The predicted molar refractivity (Wildman–Crippen MR) is 83.5 cm³/mol. The first kappa shape index (κ1) is 12.9. The number of anilines is 1. The molecule has 0 spiro atoms. The van der Waals surface area contributed by atoms with Crippen molar-refractivity contribution in [2.45, 2.75) is 25.8 Å². The summed E-state index contributed by atoms with van der Waals surface area (Å²) in [6.45, 7) is 6.75. The van der Waals surface area contributed by atoms with Crippen LogP contribution < -0.4 is 4.90 Å². The number of rotatable bonds is 2. The second-order valence-corrected chi connectivity index (χ2v) is 6.19. The van der Waals surface area contributed by atoms with Crippen LogP contribution in [0.1, 0.15) is 18.4 Å². The van der Waals surface area contributed by atoms with E-state index in [2.05, 4.69) is 52.2 Å². The van der Waals surface area contributed by atoms with Crippen molar-refractivity contribution in [3.63, 3.8) is 0 Å². The molecule has 110 valence electrons. The number of hydrogen-bond acceptors (Lipinski definition) is 4. The van der Waals surface area contributed by atoms with Crippen LogP contribution in [0.5, 0.6) is 0 Å². The zero-order valence-corrected chi connectivity index (χ0v) is 12.5. The molecule has 0 unspecified atom stereocenters. The molecule has 2 aromatic rings. The molecular formula is C17H21N3O. The molecule has 0 aliphatic carbocycles. The SMILES string of the molecule is Cc1cccc(-c2cc(N3CCN4CCC3CC4)no2)c1. The van der Waals surface area contributed by atoms with Gasteiger partial charge in [0.2, 0.25) is 0 Å². The summed E-state index contributed by atoms with van der Waals surface area (Å²) in [6, 6.07) is 11.1. The van der Waals surface area contributed by atoms with E-state index in [0.29, 0.717) is 6.04 Å². The van der Waals surface area contributed by atoms with Gasteiger partial charge in [0.25, 0.3) is 0 Å². The number of aryl methyl sites for hydroxylation is 1. The molecule has 21 heavy (non-hydrogen) atoms. The number of benzene rings is 1. The first-order valence-electron chi connectivity index (χ1n) is 7.82. The average molecular weight is 283 g/mol. The smallest absolute Gasteiger partial charge is 0.172 e. The Labute approximate surface area is 125 Å². The van der Waals surface area contributed by atoms with Gasteiger partial charge in [-0.15, -0.1) is 0 Å². The summed E-state index contributed by atoms with van der Waals surface area (Å²) in [6.07, 6.45) is 2.49. The van der Waals surface area contributed by atoms with Gasteiger partial charge in [0.05, 0.1) is 0 Å². The summed E-state index contributed by atoms with van der Waals surface area (Å²) >= 11 is 0. The normalized spacial score (nSPS) is 25.1. The highest BCUT2D eigenvalue weighted by Crippen LogP contribution is 2.29. The van der Waals surface area contributed by atoms with Gasteiger partial charge >= 0.3 is 0 Å².